The molecule has 0 aliphatic carbocycles. The van der Waals surface area contributed by atoms with Crippen molar-refractivity contribution in [2.45, 2.75) is 18.6 Å². The first-order valence-electron chi connectivity index (χ1n) is 11.9. The number of imidazole rings is 1. The fourth-order valence-electron chi connectivity index (χ4n) is 4.12. The molecule has 1 atom stereocenters. The fraction of sp³-hybridized carbons (Fsp3) is 0.292. The number of aryl methyl sites for hydroxylation is 2. The maximum Gasteiger partial charge on any atom is 0.417 e. The molecule has 4 aromatic heterocycles. The van der Waals surface area contributed by atoms with Crippen LogP contribution in [0, 0.1) is 0 Å². The molecule has 0 unspecified atom stereocenters. The summed E-state index contributed by atoms with van der Waals surface area (Å²) < 4.78 is 53.6. The lowest BCUT2D eigenvalue weighted by Crippen LogP contribution is -2.23. The first-order valence-corrected chi connectivity index (χ1v) is 12.3. The SMILES string of the molecule is Cn1cc(C(F)(F)F)cc(Nc2nc3ncc(OC(=CN)c4nccnc4N[C@H]4CCOC4)c(Cl)c3n2C)c1=O. The minimum Gasteiger partial charge on any atom is -0.450 e. The van der Waals surface area contributed by atoms with Crippen LogP contribution in [0.3, 0.4) is 0 Å². The minimum absolute atomic E-state index is 0.0340. The van der Waals surface area contributed by atoms with Crippen LogP contribution in [0.2, 0.25) is 5.02 Å². The molecule has 210 valence electrons. The quantitative estimate of drug-likeness (QED) is 0.279. The monoisotopic (exact) mass is 577 g/mol. The predicted molar refractivity (Wildman–Crippen MR) is 141 cm³/mol. The molecule has 1 aliphatic heterocycles. The van der Waals surface area contributed by atoms with Crippen LogP contribution in [-0.2, 0) is 25.0 Å². The van der Waals surface area contributed by atoms with Crippen LogP contribution in [0.1, 0.15) is 17.7 Å². The van der Waals surface area contributed by atoms with Crippen LogP contribution in [0.5, 0.6) is 5.75 Å². The van der Waals surface area contributed by atoms with E-state index in [2.05, 4.69) is 30.6 Å². The molecule has 0 aromatic carbocycles. The highest BCUT2D eigenvalue weighted by Crippen LogP contribution is 2.36. The second kappa shape index (κ2) is 10.7. The van der Waals surface area contributed by atoms with Crippen molar-refractivity contribution in [3.63, 3.8) is 0 Å². The maximum atomic E-state index is 13.3. The zero-order chi connectivity index (χ0) is 28.6. The Kier molecular flexibility index (Phi) is 7.25. The summed E-state index contributed by atoms with van der Waals surface area (Å²) in [6.07, 6.45) is 2.41. The van der Waals surface area contributed by atoms with E-state index in [1.54, 1.807) is 7.05 Å². The first-order chi connectivity index (χ1) is 19.1. The molecular formula is C24H23ClF3N9O3. The summed E-state index contributed by atoms with van der Waals surface area (Å²) in [7, 11) is 2.78. The molecule has 1 fully saturated rings. The molecule has 5 rings (SSSR count). The second-order valence-electron chi connectivity index (χ2n) is 8.88. The molecule has 12 nitrogen and oxygen atoms in total. The van der Waals surface area contributed by atoms with Gasteiger partial charge in [-0.05, 0) is 12.5 Å². The van der Waals surface area contributed by atoms with Crippen LogP contribution in [0.15, 0.2) is 41.8 Å². The predicted octanol–water partition coefficient (Wildman–Crippen LogP) is 3.41. The Balaban J connectivity index is 1.47. The topological polar surface area (TPSA) is 147 Å². The number of aromatic nitrogens is 6. The van der Waals surface area contributed by atoms with E-state index >= 15 is 0 Å². The van der Waals surface area contributed by atoms with Gasteiger partial charge < -0.3 is 35.0 Å². The third-order valence-corrected chi connectivity index (χ3v) is 6.50. The maximum absolute atomic E-state index is 13.3. The van der Waals surface area contributed by atoms with Crippen molar-refractivity contribution in [2.24, 2.45) is 19.8 Å². The molecule has 16 heteroatoms. The van der Waals surface area contributed by atoms with Gasteiger partial charge in [-0.15, -0.1) is 0 Å². The van der Waals surface area contributed by atoms with Gasteiger partial charge in [0.2, 0.25) is 5.95 Å². The number of halogens is 4. The summed E-state index contributed by atoms with van der Waals surface area (Å²) in [5, 5.41) is 6.02. The lowest BCUT2D eigenvalue weighted by molar-refractivity contribution is -0.138. The molecule has 40 heavy (non-hydrogen) atoms. The Morgan fingerprint density at radius 1 is 1.27 bits per heavy atom. The number of hydrogen-bond acceptors (Lipinski definition) is 10. The van der Waals surface area contributed by atoms with Gasteiger partial charge in [-0.1, -0.05) is 11.6 Å². The van der Waals surface area contributed by atoms with Gasteiger partial charge in [-0.25, -0.2) is 15.0 Å². The largest absolute Gasteiger partial charge is 0.450 e. The molecule has 5 heterocycles. The Hall–Kier alpha value is -4.37. The first kappa shape index (κ1) is 27.2. The number of ether oxygens (including phenoxy) is 2. The van der Waals surface area contributed by atoms with E-state index < -0.39 is 17.3 Å². The molecule has 0 bridgehead atoms. The molecule has 4 aromatic rings. The molecule has 1 aliphatic rings. The van der Waals surface area contributed by atoms with Gasteiger partial charge in [0.05, 0.1) is 24.4 Å². The van der Waals surface area contributed by atoms with Crippen molar-refractivity contribution in [3.05, 3.63) is 63.7 Å². The zero-order valence-corrected chi connectivity index (χ0v) is 21.9. The van der Waals surface area contributed by atoms with E-state index in [1.165, 1.54) is 36.4 Å². The Bertz CT molecular complexity index is 1660. The molecule has 1 saturated heterocycles. The van der Waals surface area contributed by atoms with Gasteiger partial charge in [0.25, 0.3) is 5.56 Å². The summed E-state index contributed by atoms with van der Waals surface area (Å²) >= 11 is 6.67. The van der Waals surface area contributed by atoms with Gasteiger partial charge in [-0.2, -0.15) is 18.2 Å². The number of alkyl halides is 3. The highest BCUT2D eigenvalue weighted by Gasteiger charge is 2.32. The number of fused-ring (bicyclic) bond motifs is 1. The van der Waals surface area contributed by atoms with Gasteiger partial charge in [0.1, 0.15) is 21.9 Å². The van der Waals surface area contributed by atoms with Crippen LogP contribution in [-0.4, -0.2) is 48.3 Å². The van der Waals surface area contributed by atoms with E-state index in [4.69, 9.17) is 26.8 Å². The standard InChI is InChI=1S/C24H23ClF3N9O3/c1-36-10-12(24(26,27)28)7-14(22(36)38)34-23-35-21-19(37(23)2)17(25)16(9-32-21)40-15(8-29)18-20(31-5-4-30-18)33-13-3-6-39-11-13/h4-5,7-10,13H,3,6,11,29H2,1-2H3,(H,31,33)(H,32,34,35)/t13-/m0/s1. The van der Waals surface area contributed by atoms with Crippen LogP contribution >= 0.6 is 11.6 Å². The highest BCUT2D eigenvalue weighted by atomic mass is 35.5. The van der Waals surface area contributed by atoms with Crippen LogP contribution in [0.25, 0.3) is 16.9 Å². The van der Waals surface area contributed by atoms with Crippen molar-refractivity contribution < 1.29 is 22.6 Å². The smallest absolute Gasteiger partial charge is 0.417 e. The van der Waals surface area contributed by atoms with Gasteiger partial charge >= 0.3 is 6.18 Å². The molecular weight excluding hydrogens is 555 g/mol. The molecule has 0 saturated carbocycles. The number of rotatable bonds is 7. The number of pyridine rings is 2. The summed E-state index contributed by atoms with van der Waals surface area (Å²) in [6, 6.07) is 0.762. The average Bonchev–Trinajstić information content (AvgIpc) is 3.54. The van der Waals surface area contributed by atoms with Crippen molar-refractivity contribution in [1.29, 1.82) is 0 Å². The summed E-state index contributed by atoms with van der Waals surface area (Å²) in [5.41, 5.74) is 4.65. The number of nitrogens with zero attached hydrogens (tertiary/aromatic N) is 6. The van der Waals surface area contributed by atoms with Crippen molar-refractivity contribution in [3.8, 4) is 5.75 Å². The number of nitrogens with two attached hydrogens (primary N) is 1. The Morgan fingerprint density at radius 3 is 2.75 bits per heavy atom. The summed E-state index contributed by atoms with van der Waals surface area (Å²) in [5.74, 6) is 0.725. The van der Waals surface area contributed by atoms with Crippen LogP contribution < -0.4 is 26.7 Å². The normalized spacial score (nSPS) is 15.9. The van der Waals surface area contributed by atoms with E-state index in [0.717, 1.165) is 11.0 Å². The Labute approximate surface area is 229 Å². The third kappa shape index (κ3) is 5.24. The van der Waals surface area contributed by atoms with Crippen LogP contribution in [0.4, 0.5) is 30.6 Å². The van der Waals surface area contributed by atoms with E-state index in [-0.39, 0.29) is 39.9 Å². The average molecular weight is 578 g/mol. The molecule has 0 spiro atoms. The lowest BCUT2D eigenvalue weighted by Gasteiger charge is -2.16. The summed E-state index contributed by atoms with van der Waals surface area (Å²) in [4.78, 5) is 29.8. The highest BCUT2D eigenvalue weighted by molar-refractivity contribution is 6.36. The summed E-state index contributed by atoms with van der Waals surface area (Å²) in [6.45, 7) is 1.16. The van der Waals surface area contributed by atoms with E-state index in [9.17, 15) is 18.0 Å². The number of anilines is 3. The van der Waals surface area contributed by atoms with E-state index in [1.807, 2.05) is 0 Å². The third-order valence-electron chi connectivity index (χ3n) is 6.14. The van der Waals surface area contributed by atoms with Crippen molar-refractivity contribution in [1.82, 2.24) is 29.1 Å². The van der Waals surface area contributed by atoms with Crippen molar-refractivity contribution >= 4 is 46.0 Å². The minimum atomic E-state index is -4.65. The van der Waals surface area contributed by atoms with Gasteiger partial charge in [-0.3, -0.25) is 4.79 Å². The fourth-order valence-corrected chi connectivity index (χ4v) is 4.42. The van der Waals surface area contributed by atoms with E-state index in [0.29, 0.717) is 42.5 Å². The van der Waals surface area contributed by atoms with Gasteiger partial charge in [0, 0.05) is 45.5 Å². The number of nitrogens with one attached hydrogen (secondary N) is 2. The lowest BCUT2D eigenvalue weighted by atomic mass is 10.2. The second-order valence-corrected chi connectivity index (χ2v) is 9.25. The van der Waals surface area contributed by atoms with Gasteiger partial charge in [0.15, 0.2) is 23.0 Å². The van der Waals surface area contributed by atoms with Crippen molar-refractivity contribution in [2.75, 3.05) is 23.8 Å². The Morgan fingerprint density at radius 2 is 2.05 bits per heavy atom. The molecule has 0 radical (unpaired) electrons. The number of hydrogen-bond donors (Lipinski definition) is 3. The molecule has 0 amide bonds. The molecule has 4 N–H and O–H groups in total. The zero-order valence-electron chi connectivity index (χ0n) is 21.2.